The van der Waals surface area contributed by atoms with E-state index in [-0.39, 0.29) is 6.10 Å². The van der Waals surface area contributed by atoms with Crippen molar-refractivity contribution in [1.82, 2.24) is 24.8 Å². The van der Waals surface area contributed by atoms with Gasteiger partial charge in [0.2, 0.25) is 5.88 Å². The number of hydrogen-bond donors (Lipinski definition) is 0. The zero-order chi connectivity index (χ0) is 18.6. The van der Waals surface area contributed by atoms with Gasteiger partial charge < -0.3 is 4.74 Å². The lowest BCUT2D eigenvalue weighted by Crippen LogP contribution is -2.31. The van der Waals surface area contributed by atoms with Crippen LogP contribution in [0.15, 0.2) is 49.1 Å². The molecule has 0 radical (unpaired) electrons. The highest BCUT2D eigenvalue weighted by atomic mass is 16.5. The highest BCUT2D eigenvalue weighted by Crippen LogP contribution is 2.24. The predicted molar refractivity (Wildman–Crippen MR) is 103 cm³/mol. The van der Waals surface area contributed by atoms with Crippen LogP contribution in [0.4, 0.5) is 0 Å². The summed E-state index contributed by atoms with van der Waals surface area (Å²) in [6.07, 6.45) is 8.30. The molecule has 6 nitrogen and oxygen atoms in total. The second-order valence-electron chi connectivity index (χ2n) is 7.00. The summed E-state index contributed by atoms with van der Waals surface area (Å²) in [5, 5.41) is 0. The average Bonchev–Trinajstić information content (AvgIpc) is 2.69. The molecule has 4 rings (SSSR count). The summed E-state index contributed by atoms with van der Waals surface area (Å²) in [5.74, 6) is 1.49. The Bertz CT molecular complexity index is 913. The van der Waals surface area contributed by atoms with E-state index in [0.717, 1.165) is 54.6 Å². The molecule has 0 aromatic carbocycles. The molecule has 0 N–H and O–H groups in total. The topological polar surface area (TPSA) is 64.0 Å². The molecule has 6 heteroatoms. The summed E-state index contributed by atoms with van der Waals surface area (Å²) in [6.45, 7) is 6.64. The first-order valence-electron chi connectivity index (χ1n) is 9.27. The van der Waals surface area contributed by atoms with E-state index in [2.05, 4.69) is 25.9 Å². The molecule has 1 aliphatic heterocycles. The van der Waals surface area contributed by atoms with E-state index in [1.54, 1.807) is 18.6 Å². The van der Waals surface area contributed by atoms with E-state index in [1.165, 1.54) is 5.56 Å². The summed E-state index contributed by atoms with van der Waals surface area (Å²) in [7, 11) is 0. The molecule has 3 aromatic heterocycles. The number of hydrogen-bond acceptors (Lipinski definition) is 6. The van der Waals surface area contributed by atoms with Crippen LogP contribution in [0.5, 0.6) is 5.88 Å². The van der Waals surface area contributed by atoms with E-state index >= 15 is 0 Å². The number of aromatic nitrogens is 4. The van der Waals surface area contributed by atoms with Crippen molar-refractivity contribution >= 4 is 0 Å². The maximum Gasteiger partial charge on any atom is 0.218 e. The van der Waals surface area contributed by atoms with Crippen LogP contribution in [-0.4, -0.2) is 37.5 Å². The fourth-order valence-corrected chi connectivity index (χ4v) is 3.26. The van der Waals surface area contributed by atoms with Gasteiger partial charge in [0.1, 0.15) is 0 Å². The first kappa shape index (κ1) is 17.5. The van der Waals surface area contributed by atoms with Gasteiger partial charge in [0.25, 0.3) is 0 Å². The van der Waals surface area contributed by atoms with Crippen LogP contribution in [-0.2, 0) is 19.5 Å². The summed E-state index contributed by atoms with van der Waals surface area (Å²) in [6, 6.07) is 7.93. The van der Waals surface area contributed by atoms with E-state index in [4.69, 9.17) is 9.72 Å². The molecule has 0 spiro atoms. The Balaban J connectivity index is 1.50. The first-order valence-corrected chi connectivity index (χ1v) is 9.27. The van der Waals surface area contributed by atoms with E-state index in [0.29, 0.717) is 0 Å². The van der Waals surface area contributed by atoms with Gasteiger partial charge in [0, 0.05) is 67.5 Å². The zero-order valence-electron chi connectivity index (χ0n) is 15.7. The maximum atomic E-state index is 5.85. The van der Waals surface area contributed by atoms with E-state index in [1.807, 2.05) is 38.2 Å². The minimum atomic E-state index is 0.112. The Kier molecular flexibility index (Phi) is 5.07. The first-order chi connectivity index (χ1) is 13.2. The number of rotatable bonds is 5. The highest BCUT2D eigenvalue weighted by molar-refractivity contribution is 5.54. The molecule has 0 fully saturated rings. The molecule has 4 heterocycles. The van der Waals surface area contributed by atoms with Crippen molar-refractivity contribution in [3.05, 3.63) is 65.9 Å². The van der Waals surface area contributed by atoms with Gasteiger partial charge in [-0.05, 0) is 32.0 Å². The molecule has 1 aliphatic rings. The summed E-state index contributed by atoms with van der Waals surface area (Å²) in [4.78, 5) is 20.2. The minimum Gasteiger partial charge on any atom is -0.475 e. The lowest BCUT2D eigenvalue weighted by Gasteiger charge is -2.28. The lowest BCUT2D eigenvalue weighted by molar-refractivity contribution is 0.211. The molecule has 0 bridgehead atoms. The fraction of sp³-hybridized carbons (Fsp3) is 0.333. The largest absolute Gasteiger partial charge is 0.475 e. The van der Waals surface area contributed by atoms with Crippen molar-refractivity contribution in [3.63, 3.8) is 0 Å². The monoisotopic (exact) mass is 361 g/mol. The van der Waals surface area contributed by atoms with Gasteiger partial charge >= 0.3 is 0 Å². The second-order valence-corrected chi connectivity index (χ2v) is 7.00. The van der Waals surface area contributed by atoms with Crippen molar-refractivity contribution < 1.29 is 4.74 Å². The third-order valence-corrected chi connectivity index (χ3v) is 4.54. The molecular formula is C21H23N5O. The Morgan fingerprint density at radius 3 is 2.78 bits per heavy atom. The van der Waals surface area contributed by atoms with Gasteiger partial charge in [0.15, 0.2) is 5.82 Å². The second kappa shape index (κ2) is 7.80. The standard InChI is InChI=1S/C21H23N5O/c1-15(2)27-21-17(4-3-8-23-21)13-26-11-7-19-18(14-26)12-24-20(25-19)16-5-9-22-10-6-16/h3-6,8-10,12,15H,7,11,13-14H2,1-2H3. The molecule has 0 aliphatic carbocycles. The van der Waals surface area contributed by atoms with Crippen molar-refractivity contribution in [1.29, 1.82) is 0 Å². The Morgan fingerprint density at radius 1 is 1.11 bits per heavy atom. The molecule has 0 amide bonds. The Morgan fingerprint density at radius 2 is 1.96 bits per heavy atom. The van der Waals surface area contributed by atoms with E-state index in [9.17, 15) is 0 Å². The molecule has 138 valence electrons. The molecular weight excluding hydrogens is 338 g/mol. The van der Waals surface area contributed by atoms with Crippen molar-refractivity contribution in [2.45, 2.75) is 39.5 Å². The van der Waals surface area contributed by atoms with Crippen LogP contribution < -0.4 is 4.74 Å². The minimum absolute atomic E-state index is 0.112. The van der Waals surface area contributed by atoms with Gasteiger partial charge in [-0.15, -0.1) is 0 Å². The fourth-order valence-electron chi connectivity index (χ4n) is 3.26. The Labute approximate surface area is 159 Å². The smallest absolute Gasteiger partial charge is 0.218 e. The predicted octanol–water partition coefficient (Wildman–Crippen LogP) is 3.28. The third kappa shape index (κ3) is 4.11. The highest BCUT2D eigenvalue weighted by Gasteiger charge is 2.20. The number of fused-ring (bicyclic) bond motifs is 1. The van der Waals surface area contributed by atoms with Gasteiger partial charge in [-0.3, -0.25) is 9.88 Å². The number of ether oxygens (including phenoxy) is 1. The van der Waals surface area contributed by atoms with Crippen LogP contribution in [0.25, 0.3) is 11.4 Å². The van der Waals surface area contributed by atoms with Gasteiger partial charge in [-0.2, -0.15) is 0 Å². The SMILES string of the molecule is CC(C)Oc1ncccc1CN1CCc2nc(-c3ccncc3)ncc2C1. The number of pyridine rings is 2. The summed E-state index contributed by atoms with van der Waals surface area (Å²) in [5.41, 5.74) is 4.44. The average molecular weight is 361 g/mol. The summed E-state index contributed by atoms with van der Waals surface area (Å²) >= 11 is 0. The molecule has 0 saturated carbocycles. The van der Waals surface area contributed by atoms with Gasteiger partial charge in [-0.1, -0.05) is 6.07 Å². The molecule has 27 heavy (non-hydrogen) atoms. The van der Waals surface area contributed by atoms with Gasteiger partial charge in [0.05, 0.1) is 11.8 Å². The van der Waals surface area contributed by atoms with E-state index < -0.39 is 0 Å². The van der Waals surface area contributed by atoms with Crippen molar-refractivity contribution in [2.24, 2.45) is 0 Å². The maximum absolute atomic E-state index is 5.85. The van der Waals surface area contributed by atoms with Crippen LogP contribution in [0, 0.1) is 0 Å². The normalized spacial score (nSPS) is 14.2. The quantitative estimate of drug-likeness (QED) is 0.695. The molecule has 0 unspecified atom stereocenters. The Hall–Kier alpha value is -2.86. The number of nitrogens with zero attached hydrogens (tertiary/aromatic N) is 5. The molecule has 0 atom stereocenters. The zero-order valence-corrected chi connectivity index (χ0v) is 15.7. The lowest BCUT2D eigenvalue weighted by atomic mass is 10.1. The van der Waals surface area contributed by atoms with Crippen LogP contribution in [0.1, 0.15) is 30.7 Å². The summed E-state index contributed by atoms with van der Waals surface area (Å²) < 4.78 is 5.85. The van der Waals surface area contributed by atoms with Gasteiger partial charge in [-0.25, -0.2) is 15.0 Å². The third-order valence-electron chi connectivity index (χ3n) is 4.54. The molecule has 0 saturated heterocycles. The van der Waals surface area contributed by atoms with Crippen LogP contribution >= 0.6 is 0 Å². The van der Waals surface area contributed by atoms with Crippen LogP contribution in [0.2, 0.25) is 0 Å². The van der Waals surface area contributed by atoms with Crippen molar-refractivity contribution in [3.8, 4) is 17.3 Å². The van der Waals surface area contributed by atoms with Crippen LogP contribution in [0.3, 0.4) is 0 Å². The van der Waals surface area contributed by atoms with Crippen molar-refractivity contribution in [2.75, 3.05) is 6.54 Å². The molecule has 3 aromatic rings.